The SMILES string of the molecule is C=CC(C)C/C=C(\C)C(=O)Nc1nc2c(s1)c(C(=O)NC1CCC1)cn2C(C)(C)C. The molecule has 2 N–H and O–H groups in total. The molecule has 30 heavy (non-hydrogen) atoms. The van der Waals surface area contributed by atoms with E-state index < -0.39 is 0 Å². The standard InChI is InChI=1S/C23H32N4O2S/c1-7-14(2)11-12-15(3)20(28)26-22-25-19-18(30-22)17(13-27(19)23(4,5)6)21(29)24-16-9-8-10-16/h7,12-14,16H,1,8-11H2,2-6H3,(H,24,29)(H,25,26,28)/b15-12+. The first kappa shape index (κ1) is 22.3. The van der Waals surface area contributed by atoms with E-state index in [1.54, 1.807) is 6.92 Å². The van der Waals surface area contributed by atoms with Crippen molar-refractivity contribution >= 4 is 38.6 Å². The van der Waals surface area contributed by atoms with Gasteiger partial charge in [0, 0.05) is 23.4 Å². The fourth-order valence-corrected chi connectivity index (χ4v) is 4.15. The summed E-state index contributed by atoms with van der Waals surface area (Å²) in [6, 6.07) is 0.267. The van der Waals surface area contributed by atoms with Crippen LogP contribution in [0.1, 0.15) is 70.7 Å². The lowest BCUT2D eigenvalue weighted by Gasteiger charge is -2.26. The zero-order chi connectivity index (χ0) is 22.1. The fourth-order valence-electron chi connectivity index (χ4n) is 3.19. The molecule has 0 saturated heterocycles. The van der Waals surface area contributed by atoms with E-state index in [1.165, 1.54) is 17.8 Å². The van der Waals surface area contributed by atoms with E-state index in [0.717, 1.165) is 29.6 Å². The molecule has 1 fully saturated rings. The highest BCUT2D eigenvalue weighted by Gasteiger charge is 2.27. The molecule has 6 nitrogen and oxygen atoms in total. The van der Waals surface area contributed by atoms with Crippen molar-refractivity contribution in [3.63, 3.8) is 0 Å². The van der Waals surface area contributed by atoms with E-state index in [9.17, 15) is 9.59 Å². The zero-order valence-corrected chi connectivity index (χ0v) is 19.4. The van der Waals surface area contributed by atoms with Crippen molar-refractivity contribution in [1.29, 1.82) is 0 Å². The Kier molecular flexibility index (Phi) is 6.50. The number of amides is 2. The van der Waals surface area contributed by atoms with Crippen LogP contribution in [0.2, 0.25) is 0 Å². The van der Waals surface area contributed by atoms with Crippen LogP contribution in [0.3, 0.4) is 0 Å². The average molecular weight is 429 g/mol. The van der Waals surface area contributed by atoms with Gasteiger partial charge in [-0.1, -0.05) is 30.4 Å². The van der Waals surface area contributed by atoms with Crippen LogP contribution in [0.15, 0.2) is 30.5 Å². The monoisotopic (exact) mass is 428 g/mol. The van der Waals surface area contributed by atoms with Crippen LogP contribution < -0.4 is 10.6 Å². The molecule has 0 aromatic carbocycles. The summed E-state index contributed by atoms with van der Waals surface area (Å²) in [5.74, 6) is 0.0767. The minimum atomic E-state index is -0.237. The van der Waals surface area contributed by atoms with Gasteiger partial charge < -0.3 is 9.88 Å². The van der Waals surface area contributed by atoms with Crippen molar-refractivity contribution in [2.45, 2.75) is 71.9 Å². The molecular formula is C23H32N4O2S. The van der Waals surface area contributed by atoms with Crippen LogP contribution in [0.25, 0.3) is 10.3 Å². The largest absolute Gasteiger partial charge is 0.349 e. The third kappa shape index (κ3) is 4.83. The summed E-state index contributed by atoms with van der Waals surface area (Å²) >= 11 is 1.35. The molecule has 1 unspecified atom stereocenters. The van der Waals surface area contributed by atoms with Gasteiger partial charge in [0.05, 0.1) is 10.3 Å². The van der Waals surface area contributed by atoms with Crippen molar-refractivity contribution in [3.8, 4) is 0 Å². The van der Waals surface area contributed by atoms with Gasteiger partial charge in [0.2, 0.25) is 0 Å². The summed E-state index contributed by atoms with van der Waals surface area (Å²) in [6.07, 6.45) is 9.68. The van der Waals surface area contributed by atoms with Gasteiger partial charge in [-0.25, -0.2) is 4.98 Å². The van der Waals surface area contributed by atoms with Crippen LogP contribution in [-0.4, -0.2) is 27.4 Å². The van der Waals surface area contributed by atoms with Crippen molar-refractivity contribution in [2.24, 2.45) is 5.92 Å². The Bertz CT molecular complexity index is 989. The Balaban J connectivity index is 1.87. The van der Waals surface area contributed by atoms with E-state index in [1.807, 2.05) is 22.9 Å². The fraction of sp³-hybridized carbons (Fsp3) is 0.522. The number of carbonyl (C=O) groups is 2. The molecule has 162 valence electrons. The highest BCUT2D eigenvalue weighted by atomic mass is 32.1. The molecule has 0 radical (unpaired) electrons. The molecule has 0 aliphatic heterocycles. The summed E-state index contributed by atoms with van der Waals surface area (Å²) in [5.41, 5.74) is 1.75. The molecule has 2 aromatic rings. The number of aromatic nitrogens is 2. The number of fused-ring (bicyclic) bond motifs is 1. The number of rotatable bonds is 7. The van der Waals surface area contributed by atoms with Gasteiger partial charge in [-0.15, -0.1) is 6.58 Å². The minimum absolute atomic E-state index is 0.0660. The lowest BCUT2D eigenvalue weighted by Crippen LogP contribution is -2.39. The van der Waals surface area contributed by atoms with Crippen LogP contribution in [0.4, 0.5) is 5.13 Å². The molecule has 7 heteroatoms. The second kappa shape index (κ2) is 8.76. The topological polar surface area (TPSA) is 76.0 Å². The maximum absolute atomic E-state index is 12.9. The van der Waals surface area contributed by atoms with Gasteiger partial charge >= 0.3 is 0 Å². The van der Waals surface area contributed by atoms with E-state index >= 15 is 0 Å². The van der Waals surface area contributed by atoms with Gasteiger partial charge in [-0.2, -0.15) is 0 Å². The molecule has 1 aliphatic rings. The van der Waals surface area contributed by atoms with Gasteiger partial charge in [0.25, 0.3) is 11.8 Å². The first-order chi connectivity index (χ1) is 14.1. The van der Waals surface area contributed by atoms with Crippen LogP contribution >= 0.6 is 11.3 Å². The van der Waals surface area contributed by atoms with Crippen LogP contribution in [0, 0.1) is 5.92 Å². The molecule has 0 spiro atoms. The Morgan fingerprint density at radius 2 is 2.10 bits per heavy atom. The second-order valence-corrected chi connectivity index (χ2v) is 10.1. The minimum Gasteiger partial charge on any atom is -0.349 e. The van der Waals surface area contributed by atoms with Gasteiger partial charge in [0.15, 0.2) is 10.8 Å². The molecule has 1 aliphatic carbocycles. The Morgan fingerprint density at radius 1 is 1.40 bits per heavy atom. The number of nitrogens with one attached hydrogen (secondary N) is 2. The third-order valence-corrected chi connectivity index (χ3v) is 6.52. The summed E-state index contributed by atoms with van der Waals surface area (Å²) in [5, 5.41) is 6.51. The van der Waals surface area contributed by atoms with Crippen LogP contribution in [0.5, 0.6) is 0 Å². The molecular weight excluding hydrogens is 396 g/mol. The Labute approximate surface area is 182 Å². The summed E-state index contributed by atoms with van der Waals surface area (Å²) in [4.78, 5) is 30.1. The maximum atomic E-state index is 12.9. The molecule has 0 bridgehead atoms. The van der Waals surface area contributed by atoms with E-state index in [4.69, 9.17) is 0 Å². The highest BCUT2D eigenvalue weighted by molar-refractivity contribution is 7.22. The van der Waals surface area contributed by atoms with Crippen LogP contribution in [-0.2, 0) is 10.3 Å². The quantitative estimate of drug-likeness (QED) is 0.468. The zero-order valence-electron chi connectivity index (χ0n) is 18.5. The molecule has 1 saturated carbocycles. The number of allylic oxidation sites excluding steroid dienone is 2. The second-order valence-electron chi connectivity index (χ2n) is 9.15. The predicted octanol–water partition coefficient (Wildman–Crippen LogP) is 5.23. The molecule has 3 rings (SSSR count). The molecule has 1 atom stereocenters. The number of hydrogen-bond donors (Lipinski definition) is 2. The highest BCUT2D eigenvalue weighted by Crippen LogP contribution is 2.34. The van der Waals surface area contributed by atoms with Gasteiger partial charge in [-0.3, -0.25) is 14.9 Å². The van der Waals surface area contributed by atoms with E-state index in [0.29, 0.717) is 22.2 Å². The number of hydrogen-bond acceptors (Lipinski definition) is 4. The smallest absolute Gasteiger partial charge is 0.254 e. The van der Waals surface area contributed by atoms with Crippen molar-refractivity contribution in [3.05, 3.63) is 36.1 Å². The van der Waals surface area contributed by atoms with Crippen molar-refractivity contribution in [2.75, 3.05) is 5.32 Å². The number of anilines is 1. The molecule has 2 amide bonds. The Hall–Kier alpha value is -2.41. The summed E-state index contributed by atoms with van der Waals surface area (Å²) in [7, 11) is 0. The Morgan fingerprint density at radius 3 is 2.67 bits per heavy atom. The van der Waals surface area contributed by atoms with Gasteiger partial charge in [0.1, 0.15) is 0 Å². The first-order valence-corrected chi connectivity index (χ1v) is 11.4. The average Bonchev–Trinajstić information content (AvgIpc) is 3.19. The maximum Gasteiger partial charge on any atom is 0.254 e. The summed E-state index contributed by atoms with van der Waals surface area (Å²) < 4.78 is 2.82. The number of carbonyl (C=O) groups excluding carboxylic acids is 2. The first-order valence-electron chi connectivity index (χ1n) is 10.5. The van der Waals surface area contributed by atoms with E-state index in [2.05, 4.69) is 49.9 Å². The summed E-state index contributed by atoms with van der Waals surface area (Å²) in [6.45, 7) is 13.9. The normalized spacial score (nSPS) is 16.2. The van der Waals surface area contributed by atoms with E-state index in [-0.39, 0.29) is 23.4 Å². The number of thiazole rings is 1. The number of nitrogens with zero attached hydrogens (tertiary/aromatic N) is 2. The molecule has 2 heterocycles. The lowest BCUT2D eigenvalue weighted by atomic mass is 9.93. The van der Waals surface area contributed by atoms with Crippen molar-refractivity contribution < 1.29 is 9.59 Å². The van der Waals surface area contributed by atoms with Crippen molar-refractivity contribution in [1.82, 2.24) is 14.9 Å². The third-order valence-electron chi connectivity index (χ3n) is 5.52. The lowest BCUT2D eigenvalue weighted by molar-refractivity contribution is -0.112. The molecule has 2 aromatic heterocycles. The van der Waals surface area contributed by atoms with Gasteiger partial charge in [-0.05, 0) is 59.3 Å². The predicted molar refractivity (Wildman–Crippen MR) is 124 cm³/mol.